The van der Waals surface area contributed by atoms with Gasteiger partial charge in [-0.1, -0.05) is 12.1 Å². The second kappa shape index (κ2) is 14.1. The predicted molar refractivity (Wildman–Crippen MR) is 142 cm³/mol. The van der Waals surface area contributed by atoms with Crippen LogP contribution >= 0.6 is 0 Å². The number of hydrogen-bond donors (Lipinski definition) is 0. The third kappa shape index (κ3) is 8.03. The molecule has 0 saturated carbocycles. The zero-order valence-electron chi connectivity index (χ0n) is 26.4. The summed E-state index contributed by atoms with van der Waals surface area (Å²) in [7, 11) is -22.5. The number of fused-ring (bicyclic) bond motifs is 1. The van der Waals surface area contributed by atoms with Gasteiger partial charge in [0.25, 0.3) is 0 Å². The fourth-order valence-electron chi connectivity index (χ4n) is 4.00. The molecule has 59 heavy (non-hydrogen) atoms. The van der Waals surface area contributed by atoms with Crippen molar-refractivity contribution in [2.45, 2.75) is 64.6 Å². The van der Waals surface area contributed by atoms with Crippen molar-refractivity contribution >= 4 is 36.1 Å². The highest BCUT2D eigenvalue weighted by molar-refractivity contribution is 7.88. The van der Waals surface area contributed by atoms with Crippen LogP contribution in [0.1, 0.15) is 28.4 Å². The quantitative estimate of drug-likeness (QED) is 0.109. The molecule has 0 saturated heterocycles. The van der Waals surface area contributed by atoms with E-state index >= 15 is 0 Å². The van der Waals surface area contributed by atoms with Crippen LogP contribution in [0.15, 0.2) is 36.4 Å². The molecule has 2 aromatic carbocycles. The van der Waals surface area contributed by atoms with E-state index in [0.29, 0.717) is 12.1 Å². The lowest BCUT2D eigenvalue weighted by molar-refractivity contribution is -0.382. The average Bonchev–Trinajstić information content (AvgIpc) is 3.02. The highest BCUT2D eigenvalue weighted by atomic mass is 32.2. The van der Waals surface area contributed by atoms with Crippen molar-refractivity contribution in [3.8, 4) is 23.0 Å². The zero-order chi connectivity index (χ0) is 46.4. The Balaban J connectivity index is 2.10. The zero-order valence-corrected chi connectivity index (χ0v) is 28.9. The first kappa shape index (κ1) is 49.1. The molecule has 1 unspecified atom stereocenters. The molecule has 2 aromatic rings. The summed E-state index contributed by atoms with van der Waals surface area (Å²) in [6, 6.07) is -0.136. The van der Waals surface area contributed by atoms with Gasteiger partial charge in [-0.2, -0.15) is 117 Å². The molecule has 0 bridgehead atoms. The molecule has 0 amide bonds. The molecule has 11 nitrogen and oxygen atoms in total. The second-order valence-electron chi connectivity index (χ2n) is 11.0. The van der Waals surface area contributed by atoms with Crippen LogP contribution in [0.3, 0.4) is 0 Å². The first-order valence-electron chi connectivity index (χ1n) is 13.6. The Hall–Kier alpha value is -4.31. The van der Waals surface area contributed by atoms with Crippen molar-refractivity contribution in [3.05, 3.63) is 47.5 Å². The lowest BCUT2D eigenvalue weighted by atomic mass is 9.95. The fraction of sp³-hybridized carbons (Fsp3) is 0.458. The molecule has 0 aliphatic carbocycles. The first-order valence-corrected chi connectivity index (χ1v) is 17.8. The third-order valence-corrected chi connectivity index (χ3v) is 10.5. The fourth-order valence-corrected chi connectivity index (χ4v) is 6.27. The van der Waals surface area contributed by atoms with E-state index in [0.717, 1.165) is 0 Å². The monoisotopic (exact) mass is 968 g/mol. The molecular weight excluding hydrogens is 959 g/mol. The maximum absolute atomic E-state index is 14.3. The number of ketones is 1. The Labute approximate surface area is 310 Å². The van der Waals surface area contributed by atoms with Gasteiger partial charge in [0, 0.05) is 12.1 Å². The van der Waals surface area contributed by atoms with Crippen LogP contribution in [-0.4, -0.2) is 83.1 Å². The molecule has 1 aliphatic heterocycles. The second-order valence-corrected chi connectivity index (χ2v) is 15.7. The first-order chi connectivity index (χ1) is 25.8. The molecule has 0 N–H and O–H groups in total. The third-order valence-electron chi connectivity index (χ3n) is 6.96. The standard InChI is InChI=1S/C24H9F21O11S3/c25-16(26,20(33,34)35)18(29,30)22(39,40)57(47,48)54-9-3-1-8(2-4-9)12-7-11(46)15-13(53-12)5-10(6-14(15)56-59(51,52)24(43,44)45)55-58(49,50)23(41,42)19(31,32)17(27,28)21(36,37)38/h1-6,12H,7H2. The molecule has 0 spiro atoms. The lowest BCUT2D eigenvalue weighted by Crippen LogP contribution is -2.63. The number of rotatable bonds is 13. The van der Waals surface area contributed by atoms with Crippen molar-refractivity contribution in [1.29, 1.82) is 0 Å². The Morgan fingerprint density at radius 2 is 0.898 bits per heavy atom. The van der Waals surface area contributed by atoms with Gasteiger partial charge in [0.2, 0.25) is 0 Å². The molecule has 336 valence electrons. The van der Waals surface area contributed by atoms with Gasteiger partial charge in [-0.25, -0.2) is 0 Å². The number of benzene rings is 2. The smallest absolute Gasteiger partial charge is 0.484 e. The van der Waals surface area contributed by atoms with Crippen LogP contribution in [0.4, 0.5) is 92.2 Å². The van der Waals surface area contributed by atoms with Crippen molar-refractivity contribution in [2.24, 2.45) is 0 Å². The van der Waals surface area contributed by atoms with Gasteiger partial charge in [-0.15, -0.1) is 0 Å². The number of alkyl halides is 21. The van der Waals surface area contributed by atoms with Crippen molar-refractivity contribution in [1.82, 2.24) is 0 Å². The molecule has 0 fully saturated rings. The Morgan fingerprint density at radius 1 is 0.508 bits per heavy atom. The Bertz CT molecular complexity index is 2300. The van der Waals surface area contributed by atoms with E-state index < -0.39 is 141 Å². The maximum atomic E-state index is 14.3. The minimum Gasteiger partial charge on any atom is -0.484 e. The SMILES string of the molecule is O=C1CC(c2ccc(OS(=O)(=O)C(F)(F)C(F)(F)C(F)(F)C(F)(F)F)cc2)Oc2cc(OS(=O)(=O)C(F)(F)C(F)(F)C(F)(F)C(F)(F)F)cc(OS(=O)(=O)C(F)(F)F)c21. The summed E-state index contributed by atoms with van der Waals surface area (Å²) >= 11 is 0. The summed E-state index contributed by atoms with van der Waals surface area (Å²) in [5.74, 6) is -40.7. The molecule has 35 heteroatoms. The minimum atomic E-state index is -7.97. The van der Waals surface area contributed by atoms with Gasteiger partial charge < -0.3 is 17.3 Å². The number of carbonyl (C=O) groups is 1. The van der Waals surface area contributed by atoms with E-state index in [1.807, 2.05) is 0 Å². The average molecular weight is 968 g/mol. The Morgan fingerprint density at radius 3 is 1.27 bits per heavy atom. The van der Waals surface area contributed by atoms with Gasteiger partial charge in [-0.3, -0.25) is 4.79 Å². The highest BCUT2D eigenvalue weighted by Gasteiger charge is 2.87. The van der Waals surface area contributed by atoms with Crippen LogP contribution in [0.5, 0.6) is 23.0 Å². The van der Waals surface area contributed by atoms with Crippen LogP contribution in [-0.2, 0) is 30.4 Å². The summed E-state index contributed by atoms with van der Waals surface area (Å²) < 4.78 is 364. The van der Waals surface area contributed by atoms with Gasteiger partial charge in [0.15, 0.2) is 11.5 Å². The number of carbonyl (C=O) groups excluding carboxylic acids is 1. The molecule has 1 heterocycles. The highest BCUT2D eigenvalue weighted by Crippen LogP contribution is 2.57. The molecule has 1 aliphatic rings. The molecule has 0 aromatic heterocycles. The van der Waals surface area contributed by atoms with Crippen molar-refractivity contribution in [2.75, 3.05) is 0 Å². The number of halogens is 21. The molecule has 0 radical (unpaired) electrons. The van der Waals surface area contributed by atoms with Gasteiger partial charge in [0.1, 0.15) is 28.9 Å². The molecular formula is C24H9F21O11S3. The normalized spacial score (nSPS) is 17.2. The topological polar surface area (TPSA) is 156 Å². The summed E-state index contributed by atoms with van der Waals surface area (Å²) in [5.41, 5.74) is -8.78. The molecule has 3 rings (SSSR count). The van der Waals surface area contributed by atoms with E-state index in [1.165, 1.54) is 0 Å². The lowest BCUT2D eigenvalue weighted by Gasteiger charge is -2.32. The van der Waals surface area contributed by atoms with Gasteiger partial charge in [0.05, 0.1) is 6.42 Å². The summed E-state index contributed by atoms with van der Waals surface area (Å²) in [6.07, 6.45) is -18.5. The minimum absolute atomic E-state index is 0.0713. The predicted octanol–water partition coefficient (Wildman–Crippen LogP) is 7.89. The summed E-state index contributed by atoms with van der Waals surface area (Å²) in [6.45, 7) is 0. The van der Waals surface area contributed by atoms with Crippen molar-refractivity contribution in [3.63, 3.8) is 0 Å². The maximum Gasteiger partial charge on any atom is 0.534 e. The molecule has 1 atom stereocenters. The van der Waals surface area contributed by atoms with Crippen LogP contribution < -0.4 is 17.3 Å². The van der Waals surface area contributed by atoms with E-state index in [-0.39, 0.29) is 18.2 Å². The van der Waals surface area contributed by atoms with E-state index in [9.17, 15) is 122 Å². The summed E-state index contributed by atoms with van der Waals surface area (Å²) in [4.78, 5) is 12.9. The number of ether oxygens (including phenoxy) is 1. The largest absolute Gasteiger partial charge is 0.534 e. The van der Waals surface area contributed by atoms with E-state index in [1.54, 1.807) is 0 Å². The van der Waals surface area contributed by atoms with Crippen LogP contribution in [0.2, 0.25) is 0 Å². The van der Waals surface area contributed by atoms with Gasteiger partial charge in [-0.05, 0) is 17.7 Å². The number of hydrogen-bond acceptors (Lipinski definition) is 11. The van der Waals surface area contributed by atoms with Crippen LogP contribution in [0, 0.1) is 0 Å². The van der Waals surface area contributed by atoms with E-state index in [4.69, 9.17) is 4.74 Å². The summed E-state index contributed by atoms with van der Waals surface area (Å²) in [5, 5.41) is -15.0. The van der Waals surface area contributed by atoms with E-state index in [2.05, 4.69) is 12.5 Å². The van der Waals surface area contributed by atoms with Gasteiger partial charge >= 0.3 is 82.4 Å². The van der Waals surface area contributed by atoms with Crippen molar-refractivity contribution < 1.29 is 140 Å². The number of Topliss-reactive ketones (excluding diaryl/α,β-unsaturated/α-hetero) is 1. The Kier molecular flexibility index (Phi) is 11.8. The van der Waals surface area contributed by atoms with Crippen LogP contribution in [0.25, 0.3) is 0 Å².